The fraction of sp³-hybridized carbons (Fsp3) is 1.00. The van der Waals surface area contributed by atoms with Crippen molar-refractivity contribution >= 4 is 0 Å². The highest BCUT2D eigenvalue weighted by molar-refractivity contribution is 4.98. The zero-order chi connectivity index (χ0) is 12.3. The molecule has 3 nitrogen and oxygen atoms in total. The van der Waals surface area contributed by atoms with Crippen molar-refractivity contribution in [1.82, 2.24) is 10.3 Å². The second-order valence-corrected chi connectivity index (χ2v) is 6.39. The Hall–Kier alpha value is -0.120. The van der Waals surface area contributed by atoms with Crippen molar-refractivity contribution in [2.24, 2.45) is 11.8 Å². The van der Waals surface area contributed by atoms with E-state index in [0.29, 0.717) is 6.04 Å². The minimum atomic E-state index is 0.202. The van der Waals surface area contributed by atoms with Gasteiger partial charge in [0.15, 0.2) is 0 Å². The molecule has 1 aliphatic carbocycles. The minimum Gasteiger partial charge on any atom is -0.297 e. The van der Waals surface area contributed by atoms with Crippen LogP contribution in [0.25, 0.3) is 0 Å². The quantitative estimate of drug-likeness (QED) is 0.584. The summed E-state index contributed by atoms with van der Waals surface area (Å²) in [5.41, 5.74) is 3.35. The zero-order valence-corrected chi connectivity index (χ0v) is 11.5. The molecular weight excluding hydrogens is 210 g/mol. The third-order valence-electron chi connectivity index (χ3n) is 4.98. The summed E-state index contributed by atoms with van der Waals surface area (Å²) in [7, 11) is 0. The van der Waals surface area contributed by atoms with Gasteiger partial charge in [-0.2, -0.15) is 0 Å². The second-order valence-electron chi connectivity index (χ2n) is 6.39. The lowest BCUT2D eigenvalue weighted by molar-refractivity contribution is 0.0655. The Morgan fingerprint density at radius 3 is 2.18 bits per heavy atom. The Balaban J connectivity index is 2.04. The van der Waals surface area contributed by atoms with Crippen LogP contribution in [0.3, 0.4) is 0 Å². The van der Waals surface area contributed by atoms with Crippen LogP contribution in [0.2, 0.25) is 0 Å². The third kappa shape index (κ3) is 2.83. The monoisotopic (exact) mass is 239 g/mol. The first-order chi connectivity index (χ1) is 8.16. The molecule has 3 N–H and O–H groups in total. The van der Waals surface area contributed by atoms with Crippen LogP contribution in [-0.2, 0) is 0 Å². The minimum absolute atomic E-state index is 0.202. The molecule has 17 heavy (non-hydrogen) atoms. The largest absolute Gasteiger partial charge is 0.297 e. The van der Waals surface area contributed by atoms with E-state index < -0.39 is 0 Å². The molecule has 1 aliphatic heterocycles. The molecule has 0 aromatic carbocycles. The Morgan fingerprint density at radius 2 is 1.65 bits per heavy atom. The van der Waals surface area contributed by atoms with Gasteiger partial charge in [-0.3, -0.25) is 16.2 Å². The Kier molecular flexibility index (Phi) is 4.45. The molecule has 1 saturated heterocycles. The molecule has 1 saturated carbocycles. The number of likely N-dealkylation sites (tertiary alicyclic amines) is 1. The summed E-state index contributed by atoms with van der Waals surface area (Å²) in [5, 5.41) is 0. The maximum absolute atomic E-state index is 5.88. The number of nitrogens with one attached hydrogen (secondary N) is 1. The average Bonchev–Trinajstić information content (AvgIpc) is 2.85. The molecule has 1 heterocycles. The number of rotatable bonds is 4. The summed E-state index contributed by atoms with van der Waals surface area (Å²) in [6.07, 6.45) is 9.60. The molecule has 0 aromatic rings. The van der Waals surface area contributed by atoms with Gasteiger partial charge in [0.25, 0.3) is 0 Å². The van der Waals surface area contributed by atoms with E-state index in [2.05, 4.69) is 24.2 Å². The predicted molar refractivity (Wildman–Crippen MR) is 72.6 cm³/mol. The molecular formula is C14H29N3. The molecule has 0 bridgehead atoms. The van der Waals surface area contributed by atoms with Crippen molar-refractivity contribution in [2.45, 2.75) is 70.4 Å². The number of hydrogen-bond acceptors (Lipinski definition) is 3. The molecule has 100 valence electrons. The zero-order valence-electron chi connectivity index (χ0n) is 11.5. The van der Waals surface area contributed by atoms with E-state index in [9.17, 15) is 0 Å². The molecule has 0 amide bonds. The number of nitrogens with two attached hydrogens (primary N) is 1. The van der Waals surface area contributed by atoms with Crippen molar-refractivity contribution in [2.75, 3.05) is 13.1 Å². The maximum atomic E-state index is 5.88. The van der Waals surface area contributed by atoms with Gasteiger partial charge in [0.1, 0.15) is 0 Å². The molecule has 0 spiro atoms. The van der Waals surface area contributed by atoms with Crippen molar-refractivity contribution in [3.63, 3.8) is 0 Å². The van der Waals surface area contributed by atoms with Crippen molar-refractivity contribution in [3.05, 3.63) is 0 Å². The average molecular weight is 239 g/mol. The summed E-state index contributed by atoms with van der Waals surface area (Å²) in [6.45, 7) is 7.24. The second kappa shape index (κ2) is 5.68. The van der Waals surface area contributed by atoms with Crippen LogP contribution >= 0.6 is 0 Å². The van der Waals surface area contributed by atoms with E-state index in [1.165, 1.54) is 58.0 Å². The van der Waals surface area contributed by atoms with Gasteiger partial charge in [-0.05, 0) is 58.5 Å². The third-order valence-corrected chi connectivity index (χ3v) is 4.98. The molecule has 1 unspecified atom stereocenters. The van der Waals surface area contributed by atoms with E-state index in [1.807, 2.05) is 0 Å². The summed E-state index contributed by atoms with van der Waals surface area (Å²) in [5.74, 6) is 6.65. The summed E-state index contributed by atoms with van der Waals surface area (Å²) in [4.78, 5) is 2.63. The van der Waals surface area contributed by atoms with Crippen LogP contribution in [-0.4, -0.2) is 29.6 Å². The Bertz CT molecular complexity index is 228. The van der Waals surface area contributed by atoms with E-state index in [1.54, 1.807) is 0 Å². The normalized spacial score (nSPS) is 26.3. The molecule has 0 aromatic heterocycles. The Morgan fingerprint density at radius 1 is 1.06 bits per heavy atom. The van der Waals surface area contributed by atoms with Gasteiger partial charge in [0.05, 0.1) is 0 Å². The van der Waals surface area contributed by atoms with Crippen LogP contribution in [0.1, 0.15) is 58.8 Å². The summed E-state index contributed by atoms with van der Waals surface area (Å²) in [6, 6.07) is 0.445. The van der Waals surface area contributed by atoms with Crippen LogP contribution in [0.15, 0.2) is 0 Å². The van der Waals surface area contributed by atoms with Crippen molar-refractivity contribution in [1.29, 1.82) is 0 Å². The highest BCUT2D eigenvalue weighted by Crippen LogP contribution is 2.34. The van der Waals surface area contributed by atoms with Gasteiger partial charge in [0.2, 0.25) is 0 Å². The molecule has 2 fully saturated rings. The van der Waals surface area contributed by atoms with Gasteiger partial charge < -0.3 is 0 Å². The lowest BCUT2D eigenvalue weighted by Crippen LogP contribution is -2.61. The van der Waals surface area contributed by atoms with Crippen LogP contribution in [0, 0.1) is 5.92 Å². The van der Waals surface area contributed by atoms with Gasteiger partial charge in [-0.1, -0.05) is 19.3 Å². The molecule has 3 heteroatoms. The van der Waals surface area contributed by atoms with Crippen LogP contribution in [0.4, 0.5) is 0 Å². The van der Waals surface area contributed by atoms with Crippen molar-refractivity contribution in [3.8, 4) is 0 Å². The fourth-order valence-corrected chi connectivity index (χ4v) is 3.87. The van der Waals surface area contributed by atoms with Gasteiger partial charge >= 0.3 is 0 Å². The number of hydrazine groups is 1. The summed E-state index contributed by atoms with van der Waals surface area (Å²) >= 11 is 0. The maximum Gasteiger partial charge on any atom is 0.0417 e. The highest BCUT2D eigenvalue weighted by Gasteiger charge is 2.40. The van der Waals surface area contributed by atoms with Crippen molar-refractivity contribution < 1.29 is 0 Å². The van der Waals surface area contributed by atoms with Gasteiger partial charge in [-0.15, -0.1) is 0 Å². The molecule has 2 rings (SSSR count). The standard InChI is InChI=1S/C14H29N3/c1-14(2,17-10-6-7-11-17)13(16-15)12-8-4-3-5-9-12/h12-13,16H,3-11,15H2,1-2H3. The highest BCUT2D eigenvalue weighted by atomic mass is 15.3. The van der Waals surface area contributed by atoms with E-state index in [0.717, 1.165) is 5.92 Å². The fourth-order valence-electron chi connectivity index (χ4n) is 3.87. The lowest BCUT2D eigenvalue weighted by Gasteiger charge is -2.46. The molecule has 2 aliphatic rings. The first kappa shape index (κ1) is 13.3. The lowest BCUT2D eigenvalue weighted by atomic mass is 9.76. The SMILES string of the molecule is CC(C)(C(NN)C1CCCCC1)N1CCCC1. The first-order valence-corrected chi connectivity index (χ1v) is 7.37. The van der Waals surface area contributed by atoms with E-state index in [-0.39, 0.29) is 5.54 Å². The van der Waals surface area contributed by atoms with Crippen LogP contribution in [0.5, 0.6) is 0 Å². The molecule has 0 radical (unpaired) electrons. The topological polar surface area (TPSA) is 41.3 Å². The smallest absolute Gasteiger partial charge is 0.0417 e. The van der Waals surface area contributed by atoms with E-state index in [4.69, 9.17) is 5.84 Å². The van der Waals surface area contributed by atoms with Gasteiger partial charge in [-0.25, -0.2) is 0 Å². The Labute approximate surface area is 106 Å². The predicted octanol–water partition coefficient (Wildman–Crippen LogP) is 2.27. The first-order valence-electron chi connectivity index (χ1n) is 7.37. The van der Waals surface area contributed by atoms with Gasteiger partial charge in [0, 0.05) is 11.6 Å². The number of nitrogens with zero attached hydrogens (tertiary/aromatic N) is 1. The summed E-state index contributed by atoms with van der Waals surface area (Å²) < 4.78 is 0. The molecule has 1 atom stereocenters. The number of hydrogen-bond donors (Lipinski definition) is 2. The van der Waals surface area contributed by atoms with Crippen LogP contribution < -0.4 is 11.3 Å². The van der Waals surface area contributed by atoms with E-state index >= 15 is 0 Å².